The summed E-state index contributed by atoms with van der Waals surface area (Å²) >= 11 is 1.58. The van der Waals surface area contributed by atoms with E-state index in [2.05, 4.69) is 10.2 Å². The zero-order valence-corrected chi connectivity index (χ0v) is 8.38. The summed E-state index contributed by atoms with van der Waals surface area (Å²) in [4.78, 5) is 0. The van der Waals surface area contributed by atoms with Crippen molar-refractivity contribution in [3.63, 3.8) is 0 Å². The quantitative estimate of drug-likeness (QED) is 0.614. The monoisotopic (exact) mass is 208 g/mol. The second-order valence-corrected chi connectivity index (χ2v) is 3.78. The first-order valence-corrected chi connectivity index (χ1v) is 5.08. The van der Waals surface area contributed by atoms with E-state index in [0.29, 0.717) is 5.59 Å². The third kappa shape index (κ3) is 1.47. The molecule has 0 aliphatic rings. The molecule has 0 atom stereocenters. The molecule has 0 fully saturated rings. The minimum absolute atomic E-state index is 0.353. The summed E-state index contributed by atoms with van der Waals surface area (Å²) in [5, 5.41) is 28.6. The van der Waals surface area contributed by atoms with E-state index in [1.807, 2.05) is 23.8 Å². The number of nitrogens with zero attached hydrogens (tertiary/aromatic N) is 1. The van der Waals surface area contributed by atoms with Gasteiger partial charge in [-0.25, -0.2) is 0 Å². The minimum atomic E-state index is -1.49. The van der Waals surface area contributed by atoms with Crippen LogP contribution in [0.4, 0.5) is 0 Å². The van der Waals surface area contributed by atoms with Gasteiger partial charge in [0, 0.05) is 10.9 Å². The Hall–Kier alpha value is -1.11. The van der Waals surface area contributed by atoms with E-state index in [4.69, 9.17) is 10.0 Å². The van der Waals surface area contributed by atoms with Gasteiger partial charge in [0.2, 0.25) is 0 Å². The Morgan fingerprint density at radius 2 is 2.29 bits per heavy atom. The predicted molar refractivity (Wildman–Crippen MR) is 56.5 cm³/mol. The van der Waals surface area contributed by atoms with Gasteiger partial charge in [-0.1, -0.05) is 0 Å². The number of thiophene rings is 1. The van der Waals surface area contributed by atoms with Gasteiger partial charge in [-0.3, -0.25) is 5.10 Å². The fourth-order valence-corrected chi connectivity index (χ4v) is 1.98. The predicted octanol–water partition coefficient (Wildman–Crippen LogP) is 0.126. The molecular weight excluding hydrogens is 199 g/mol. The smallest absolute Gasteiger partial charge is 0.422 e. The van der Waals surface area contributed by atoms with Crippen molar-refractivity contribution in [3.8, 4) is 11.3 Å². The van der Waals surface area contributed by atoms with Crippen molar-refractivity contribution in [2.75, 3.05) is 0 Å². The Labute approximate surface area is 85.4 Å². The maximum Gasteiger partial charge on any atom is 0.507 e. The number of aromatic nitrogens is 2. The van der Waals surface area contributed by atoms with Gasteiger partial charge in [-0.2, -0.15) is 16.4 Å². The van der Waals surface area contributed by atoms with Gasteiger partial charge >= 0.3 is 7.12 Å². The van der Waals surface area contributed by atoms with Crippen LogP contribution in [0.2, 0.25) is 0 Å². The average Bonchev–Trinajstić information content (AvgIpc) is 2.71. The Kier molecular flexibility index (Phi) is 2.41. The van der Waals surface area contributed by atoms with Crippen molar-refractivity contribution >= 4 is 24.0 Å². The summed E-state index contributed by atoms with van der Waals surface area (Å²) in [6, 6.07) is 1.95. The molecule has 0 aliphatic carbocycles. The summed E-state index contributed by atoms with van der Waals surface area (Å²) in [6.45, 7) is 1.81. The van der Waals surface area contributed by atoms with Crippen molar-refractivity contribution in [1.82, 2.24) is 10.2 Å². The highest BCUT2D eigenvalue weighted by Crippen LogP contribution is 2.21. The van der Waals surface area contributed by atoms with Crippen LogP contribution in [0, 0.1) is 6.92 Å². The first-order chi connectivity index (χ1) is 6.70. The number of nitrogens with one attached hydrogen (secondary N) is 1. The van der Waals surface area contributed by atoms with Crippen LogP contribution in [0.15, 0.2) is 16.8 Å². The van der Waals surface area contributed by atoms with Crippen LogP contribution >= 0.6 is 11.3 Å². The second-order valence-electron chi connectivity index (χ2n) is 3.00. The topological polar surface area (TPSA) is 69.1 Å². The molecule has 0 spiro atoms. The fraction of sp³-hybridized carbons (Fsp3) is 0.125. The molecule has 2 heterocycles. The normalized spacial score (nSPS) is 10.5. The van der Waals surface area contributed by atoms with Crippen LogP contribution < -0.4 is 5.59 Å². The van der Waals surface area contributed by atoms with E-state index in [1.165, 1.54) is 0 Å². The Morgan fingerprint density at radius 1 is 1.50 bits per heavy atom. The summed E-state index contributed by atoms with van der Waals surface area (Å²) in [5.41, 5.74) is 2.90. The Balaban J connectivity index is 2.47. The highest BCUT2D eigenvalue weighted by Gasteiger charge is 2.20. The standard InChI is InChI=1S/C8H9BN2O2S/c1-5-7(6-2-3-14-4-6)10-11-8(5)9(12)13/h2-4,12-13H,1H3,(H,10,11). The molecule has 0 aliphatic heterocycles. The molecule has 0 radical (unpaired) electrons. The Morgan fingerprint density at radius 3 is 2.79 bits per heavy atom. The van der Waals surface area contributed by atoms with Crippen LogP contribution in [0.3, 0.4) is 0 Å². The molecule has 0 saturated carbocycles. The number of hydrogen-bond acceptors (Lipinski definition) is 4. The highest BCUT2D eigenvalue weighted by atomic mass is 32.1. The minimum Gasteiger partial charge on any atom is -0.422 e. The zero-order chi connectivity index (χ0) is 10.1. The molecule has 0 amide bonds. The molecule has 2 aromatic rings. The maximum absolute atomic E-state index is 9.00. The van der Waals surface area contributed by atoms with E-state index in [9.17, 15) is 0 Å². The lowest BCUT2D eigenvalue weighted by molar-refractivity contribution is 0.424. The van der Waals surface area contributed by atoms with Gasteiger partial charge < -0.3 is 10.0 Å². The molecule has 72 valence electrons. The molecule has 2 aromatic heterocycles. The molecule has 3 N–H and O–H groups in total. The fourth-order valence-electron chi connectivity index (χ4n) is 1.34. The number of aromatic amines is 1. The van der Waals surface area contributed by atoms with E-state index in [0.717, 1.165) is 16.8 Å². The SMILES string of the molecule is Cc1c(-c2ccsc2)n[nH]c1B(O)O. The lowest BCUT2D eigenvalue weighted by Gasteiger charge is -1.96. The maximum atomic E-state index is 9.00. The van der Waals surface area contributed by atoms with Crippen LogP contribution in [-0.4, -0.2) is 27.4 Å². The molecule has 0 bridgehead atoms. The van der Waals surface area contributed by atoms with Crippen LogP contribution in [0.5, 0.6) is 0 Å². The van der Waals surface area contributed by atoms with Crippen molar-refractivity contribution in [2.24, 2.45) is 0 Å². The summed E-state index contributed by atoms with van der Waals surface area (Å²) in [6.07, 6.45) is 0. The first-order valence-electron chi connectivity index (χ1n) is 4.13. The summed E-state index contributed by atoms with van der Waals surface area (Å²) in [7, 11) is -1.49. The third-order valence-electron chi connectivity index (χ3n) is 2.10. The Bertz CT molecular complexity index is 424. The van der Waals surface area contributed by atoms with Crippen LogP contribution in [0.25, 0.3) is 11.3 Å². The molecule has 0 unspecified atom stereocenters. The lowest BCUT2D eigenvalue weighted by atomic mass is 9.83. The van der Waals surface area contributed by atoms with Gasteiger partial charge in [0.05, 0.1) is 11.3 Å². The lowest BCUT2D eigenvalue weighted by Crippen LogP contribution is -2.33. The number of rotatable bonds is 2. The number of H-pyrrole nitrogens is 1. The van der Waals surface area contributed by atoms with Gasteiger partial charge in [0.1, 0.15) is 0 Å². The van der Waals surface area contributed by atoms with Crippen molar-refractivity contribution in [1.29, 1.82) is 0 Å². The van der Waals surface area contributed by atoms with Crippen LogP contribution in [-0.2, 0) is 0 Å². The van der Waals surface area contributed by atoms with E-state index in [-0.39, 0.29) is 0 Å². The number of hydrogen-bond donors (Lipinski definition) is 3. The van der Waals surface area contributed by atoms with E-state index >= 15 is 0 Å². The second kappa shape index (κ2) is 3.57. The van der Waals surface area contributed by atoms with Gasteiger partial charge in [0.25, 0.3) is 0 Å². The zero-order valence-electron chi connectivity index (χ0n) is 7.56. The van der Waals surface area contributed by atoms with E-state index < -0.39 is 7.12 Å². The van der Waals surface area contributed by atoms with E-state index in [1.54, 1.807) is 11.3 Å². The largest absolute Gasteiger partial charge is 0.507 e. The molecule has 2 rings (SSSR count). The molecule has 0 saturated heterocycles. The van der Waals surface area contributed by atoms with Crippen LogP contribution in [0.1, 0.15) is 5.56 Å². The average molecular weight is 208 g/mol. The van der Waals surface area contributed by atoms with Crippen molar-refractivity contribution in [2.45, 2.75) is 6.92 Å². The molecule has 6 heteroatoms. The summed E-state index contributed by atoms with van der Waals surface area (Å²) < 4.78 is 0. The molecule has 0 aromatic carbocycles. The molecule has 4 nitrogen and oxygen atoms in total. The summed E-state index contributed by atoms with van der Waals surface area (Å²) in [5.74, 6) is 0. The molecular formula is C8H9BN2O2S. The highest BCUT2D eigenvalue weighted by molar-refractivity contribution is 7.08. The van der Waals surface area contributed by atoms with Gasteiger partial charge in [-0.15, -0.1) is 0 Å². The first kappa shape index (κ1) is 9.45. The van der Waals surface area contributed by atoms with Gasteiger partial charge in [0.15, 0.2) is 0 Å². The van der Waals surface area contributed by atoms with Crippen molar-refractivity contribution < 1.29 is 10.0 Å². The molecule has 14 heavy (non-hydrogen) atoms. The van der Waals surface area contributed by atoms with Crippen molar-refractivity contribution in [3.05, 3.63) is 22.4 Å². The van der Waals surface area contributed by atoms with Gasteiger partial charge in [-0.05, 0) is 23.9 Å². The third-order valence-corrected chi connectivity index (χ3v) is 2.78.